The van der Waals surface area contributed by atoms with E-state index in [-0.39, 0.29) is 5.70 Å². The molecule has 1 aliphatic heterocycles. The predicted octanol–water partition coefficient (Wildman–Crippen LogP) is 1.19. The van der Waals surface area contributed by atoms with Gasteiger partial charge in [0.2, 0.25) is 0 Å². The highest BCUT2D eigenvalue weighted by Gasteiger charge is 2.17. The van der Waals surface area contributed by atoms with Gasteiger partial charge in [-0.05, 0) is 0 Å². The van der Waals surface area contributed by atoms with Gasteiger partial charge in [-0.2, -0.15) is 0 Å². The second-order valence-electron chi connectivity index (χ2n) is 2.87. The third kappa shape index (κ3) is 3.01. The van der Waals surface area contributed by atoms with Crippen molar-refractivity contribution in [3.63, 3.8) is 0 Å². The lowest BCUT2D eigenvalue weighted by atomic mass is 10.3. The Bertz CT molecular complexity index is 288. The van der Waals surface area contributed by atoms with Crippen molar-refractivity contribution in [3.05, 3.63) is 33.1 Å². The van der Waals surface area contributed by atoms with E-state index in [0.717, 1.165) is 0 Å². The Hall–Kier alpha value is -1.07. The molecule has 5 nitrogen and oxygen atoms in total. The summed E-state index contributed by atoms with van der Waals surface area (Å²) in [7, 11) is 1.58. The number of allylic oxidation sites excluding steroid dienone is 1. The topological polar surface area (TPSA) is 55.6 Å². The Morgan fingerprint density at radius 2 is 2.50 bits per heavy atom. The largest absolute Gasteiger partial charge is 0.383 e. The van der Waals surface area contributed by atoms with Crippen molar-refractivity contribution in [3.8, 4) is 0 Å². The average Bonchev–Trinajstić information content (AvgIpc) is 2.14. The molecule has 6 heteroatoms. The lowest BCUT2D eigenvalue weighted by Crippen LogP contribution is -2.27. The zero-order chi connectivity index (χ0) is 10.6. The minimum absolute atomic E-state index is 0.0114. The Morgan fingerprint density at radius 1 is 1.79 bits per heavy atom. The van der Waals surface area contributed by atoms with Crippen LogP contribution in [0.25, 0.3) is 0 Å². The van der Waals surface area contributed by atoms with E-state index in [1.807, 2.05) is 0 Å². The first-order valence-electron chi connectivity index (χ1n) is 4.08. The van der Waals surface area contributed by atoms with Crippen molar-refractivity contribution in [2.24, 2.45) is 0 Å². The van der Waals surface area contributed by atoms with E-state index in [4.69, 9.17) is 16.3 Å². The van der Waals surface area contributed by atoms with Crippen molar-refractivity contribution in [2.75, 3.05) is 26.8 Å². The molecule has 1 heterocycles. The van der Waals surface area contributed by atoms with Gasteiger partial charge in [0, 0.05) is 24.8 Å². The summed E-state index contributed by atoms with van der Waals surface area (Å²) in [6.07, 6.45) is 2.84. The Kier molecular flexibility index (Phi) is 3.91. The molecular weight excluding hydrogens is 208 g/mol. The van der Waals surface area contributed by atoms with E-state index in [9.17, 15) is 10.1 Å². The zero-order valence-electron chi connectivity index (χ0n) is 7.77. The molecule has 0 saturated heterocycles. The second-order valence-corrected chi connectivity index (χ2v) is 3.35. The van der Waals surface area contributed by atoms with Gasteiger partial charge in [0.1, 0.15) is 0 Å². The monoisotopic (exact) mass is 218 g/mol. The van der Waals surface area contributed by atoms with Crippen LogP contribution < -0.4 is 0 Å². The maximum atomic E-state index is 10.5. The first kappa shape index (κ1) is 11.0. The molecule has 0 aromatic heterocycles. The van der Waals surface area contributed by atoms with Crippen LogP contribution in [0.15, 0.2) is 23.0 Å². The number of hydrogen-bond acceptors (Lipinski definition) is 4. The number of ether oxygens (including phenoxy) is 1. The Morgan fingerprint density at radius 3 is 3.07 bits per heavy atom. The number of methoxy groups -OCH3 is 1. The number of halogens is 1. The number of nitro groups is 1. The van der Waals surface area contributed by atoms with Gasteiger partial charge in [-0.3, -0.25) is 10.1 Å². The van der Waals surface area contributed by atoms with Crippen LogP contribution >= 0.6 is 11.6 Å². The SMILES string of the molecule is COCCN1C=C([N+](=O)[O-])C=C(Cl)C1. The normalized spacial score (nSPS) is 16.3. The summed E-state index contributed by atoms with van der Waals surface area (Å²) >= 11 is 5.76. The van der Waals surface area contributed by atoms with Gasteiger partial charge in [0.05, 0.1) is 24.3 Å². The molecule has 14 heavy (non-hydrogen) atoms. The summed E-state index contributed by atoms with van der Waals surface area (Å²) in [6, 6.07) is 0. The predicted molar refractivity (Wildman–Crippen MR) is 52.5 cm³/mol. The minimum Gasteiger partial charge on any atom is -0.383 e. The van der Waals surface area contributed by atoms with Gasteiger partial charge < -0.3 is 9.64 Å². The van der Waals surface area contributed by atoms with Gasteiger partial charge in [0.25, 0.3) is 5.70 Å². The summed E-state index contributed by atoms with van der Waals surface area (Å²) in [5, 5.41) is 11.0. The van der Waals surface area contributed by atoms with E-state index in [0.29, 0.717) is 24.7 Å². The molecule has 0 atom stereocenters. The third-order valence-electron chi connectivity index (χ3n) is 1.77. The van der Waals surface area contributed by atoms with Crippen LogP contribution in [0, 0.1) is 10.1 Å². The van der Waals surface area contributed by atoms with Gasteiger partial charge in [-0.1, -0.05) is 11.6 Å². The molecular formula is C8H11ClN2O3. The van der Waals surface area contributed by atoms with Crippen molar-refractivity contribution < 1.29 is 9.66 Å². The van der Waals surface area contributed by atoms with Gasteiger partial charge in [-0.15, -0.1) is 0 Å². The fourth-order valence-electron chi connectivity index (χ4n) is 1.12. The minimum atomic E-state index is -0.457. The smallest absolute Gasteiger partial charge is 0.286 e. The van der Waals surface area contributed by atoms with Gasteiger partial charge in [0.15, 0.2) is 0 Å². The zero-order valence-corrected chi connectivity index (χ0v) is 8.53. The summed E-state index contributed by atoms with van der Waals surface area (Å²) in [5.74, 6) is 0. The lowest BCUT2D eigenvalue weighted by molar-refractivity contribution is -0.420. The highest BCUT2D eigenvalue weighted by molar-refractivity contribution is 6.30. The molecule has 0 radical (unpaired) electrons. The first-order valence-corrected chi connectivity index (χ1v) is 4.46. The molecule has 0 aliphatic carbocycles. The van der Waals surface area contributed by atoms with Crippen molar-refractivity contribution in [1.82, 2.24) is 4.90 Å². The van der Waals surface area contributed by atoms with Gasteiger partial charge >= 0.3 is 0 Å². The molecule has 0 amide bonds. The van der Waals surface area contributed by atoms with E-state index in [2.05, 4.69) is 0 Å². The quantitative estimate of drug-likeness (QED) is 0.525. The molecule has 0 bridgehead atoms. The van der Waals surface area contributed by atoms with Crippen LogP contribution in [0.5, 0.6) is 0 Å². The lowest BCUT2D eigenvalue weighted by Gasteiger charge is -2.21. The van der Waals surface area contributed by atoms with Gasteiger partial charge in [-0.25, -0.2) is 0 Å². The molecule has 0 aromatic carbocycles. The Labute approximate surface area is 86.7 Å². The highest BCUT2D eigenvalue weighted by atomic mass is 35.5. The number of nitrogens with zero attached hydrogens (tertiary/aromatic N) is 2. The molecule has 78 valence electrons. The molecule has 0 unspecified atom stereocenters. The standard InChI is InChI=1S/C8H11ClN2O3/c1-14-3-2-10-5-7(9)4-8(6-10)11(12)13/h4,6H,2-3,5H2,1H3. The van der Waals surface area contributed by atoms with Crippen LogP contribution in [0.3, 0.4) is 0 Å². The molecule has 1 rings (SSSR count). The number of hydrogen-bond donors (Lipinski definition) is 0. The summed E-state index contributed by atoms with van der Waals surface area (Å²) < 4.78 is 4.87. The van der Waals surface area contributed by atoms with Crippen LogP contribution in [-0.4, -0.2) is 36.6 Å². The molecule has 0 N–H and O–H groups in total. The molecule has 0 saturated carbocycles. The van der Waals surface area contributed by atoms with Crippen molar-refractivity contribution in [2.45, 2.75) is 0 Å². The van der Waals surface area contributed by atoms with E-state index in [1.54, 1.807) is 12.0 Å². The van der Waals surface area contributed by atoms with Crippen LogP contribution in [0.1, 0.15) is 0 Å². The highest BCUT2D eigenvalue weighted by Crippen LogP contribution is 2.16. The van der Waals surface area contributed by atoms with E-state index in [1.165, 1.54) is 12.3 Å². The van der Waals surface area contributed by atoms with Crippen molar-refractivity contribution in [1.29, 1.82) is 0 Å². The van der Waals surface area contributed by atoms with Crippen LogP contribution in [0.2, 0.25) is 0 Å². The Balaban J connectivity index is 2.65. The average molecular weight is 219 g/mol. The maximum absolute atomic E-state index is 10.5. The maximum Gasteiger partial charge on any atom is 0.286 e. The van der Waals surface area contributed by atoms with E-state index < -0.39 is 4.92 Å². The molecule has 0 fully saturated rings. The fraction of sp³-hybridized carbons (Fsp3) is 0.500. The summed E-state index contributed by atoms with van der Waals surface area (Å²) in [6.45, 7) is 1.62. The molecule has 0 aromatic rings. The third-order valence-corrected chi connectivity index (χ3v) is 2.00. The first-order chi connectivity index (χ1) is 6.63. The summed E-state index contributed by atoms with van der Waals surface area (Å²) in [4.78, 5) is 11.8. The summed E-state index contributed by atoms with van der Waals surface area (Å²) in [5.41, 5.74) is 0.0114. The molecule has 0 spiro atoms. The van der Waals surface area contributed by atoms with E-state index >= 15 is 0 Å². The second kappa shape index (κ2) is 4.97. The van der Waals surface area contributed by atoms with Crippen molar-refractivity contribution >= 4 is 11.6 Å². The van der Waals surface area contributed by atoms with Crippen LogP contribution in [-0.2, 0) is 4.74 Å². The number of rotatable bonds is 4. The fourth-order valence-corrected chi connectivity index (χ4v) is 1.39. The molecule has 1 aliphatic rings. The van der Waals surface area contributed by atoms with Crippen LogP contribution in [0.4, 0.5) is 0 Å².